The van der Waals surface area contributed by atoms with Gasteiger partial charge in [0.15, 0.2) is 0 Å². The summed E-state index contributed by atoms with van der Waals surface area (Å²) in [7, 11) is -3.46. The molecule has 6 heteroatoms. The van der Waals surface area contributed by atoms with Gasteiger partial charge in [0.2, 0.25) is 10.0 Å². The summed E-state index contributed by atoms with van der Waals surface area (Å²) in [6.45, 7) is 0.868. The molecule has 1 aromatic rings. The van der Waals surface area contributed by atoms with E-state index in [-0.39, 0.29) is 12.1 Å². The Morgan fingerprint density at radius 3 is 2.70 bits per heavy atom. The summed E-state index contributed by atoms with van der Waals surface area (Å²) in [5.41, 5.74) is 2.09. The van der Waals surface area contributed by atoms with E-state index in [1.165, 1.54) is 0 Å². The van der Waals surface area contributed by atoms with Gasteiger partial charge in [-0.15, -0.1) is 0 Å². The highest BCUT2D eigenvalue weighted by molar-refractivity contribution is 7.89. The fourth-order valence-corrected chi connectivity index (χ4v) is 4.28. The van der Waals surface area contributed by atoms with Crippen LogP contribution in [-0.4, -0.2) is 32.2 Å². The Balaban J connectivity index is 1.75. The second-order valence-electron chi connectivity index (χ2n) is 5.62. The maximum absolute atomic E-state index is 12.4. The van der Waals surface area contributed by atoms with E-state index in [9.17, 15) is 13.5 Å². The van der Waals surface area contributed by atoms with Gasteiger partial charge < -0.3 is 10.4 Å². The Morgan fingerprint density at radius 2 is 1.95 bits per heavy atom. The molecule has 0 atom stereocenters. The number of aliphatic hydroxyl groups excluding tert-OH is 1. The summed E-state index contributed by atoms with van der Waals surface area (Å²) in [4.78, 5) is 0.339. The lowest BCUT2D eigenvalue weighted by Gasteiger charge is -2.26. The van der Waals surface area contributed by atoms with Crippen LogP contribution in [0.3, 0.4) is 0 Å². The number of hydrogen-bond acceptors (Lipinski definition) is 4. The zero-order valence-electron chi connectivity index (χ0n) is 11.3. The average molecular weight is 296 g/mol. The Morgan fingerprint density at radius 1 is 1.20 bits per heavy atom. The topological polar surface area (TPSA) is 78.4 Å². The highest BCUT2D eigenvalue weighted by Crippen LogP contribution is 2.26. The van der Waals surface area contributed by atoms with Gasteiger partial charge in [0, 0.05) is 18.3 Å². The monoisotopic (exact) mass is 296 g/mol. The third-order valence-electron chi connectivity index (χ3n) is 4.12. The van der Waals surface area contributed by atoms with E-state index >= 15 is 0 Å². The van der Waals surface area contributed by atoms with Crippen LogP contribution in [0.25, 0.3) is 0 Å². The van der Waals surface area contributed by atoms with Gasteiger partial charge in [-0.2, -0.15) is 0 Å². The molecular formula is C14H20N2O3S. The number of fused-ring (bicyclic) bond motifs is 1. The molecule has 1 aromatic carbocycles. The summed E-state index contributed by atoms with van der Waals surface area (Å²) >= 11 is 0. The standard InChI is InChI=1S/C14H20N2O3S/c17-12-3-1-11(2-4-12)16-20(18,19)13-5-6-14-10(9-13)7-8-15-14/h5-6,9,11-12,15-17H,1-4,7-8H2. The van der Waals surface area contributed by atoms with Gasteiger partial charge in [-0.1, -0.05) is 0 Å². The van der Waals surface area contributed by atoms with Crippen LogP contribution in [0.2, 0.25) is 0 Å². The number of anilines is 1. The van der Waals surface area contributed by atoms with Crippen molar-refractivity contribution in [3.63, 3.8) is 0 Å². The minimum absolute atomic E-state index is 0.0604. The number of hydrogen-bond donors (Lipinski definition) is 3. The van der Waals surface area contributed by atoms with Crippen molar-refractivity contribution in [1.82, 2.24) is 4.72 Å². The molecule has 0 amide bonds. The zero-order valence-corrected chi connectivity index (χ0v) is 12.1. The van der Waals surface area contributed by atoms with Crippen LogP contribution in [0, 0.1) is 0 Å². The van der Waals surface area contributed by atoms with Crippen LogP contribution in [0.4, 0.5) is 5.69 Å². The van der Waals surface area contributed by atoms with Crippen molar-refractivity contribution >= 4 is 15.7 Å². The molecule has 1 aliphatic carbocycles. The SMILES string of the molecule is O=S(=O)(NC1CCC(O)CC1)c1ccc2c(c1)CCN2. The van der Waals surface area contributed by atoms with Gasteiger partial charge in [-0.05, 0) is 55.9 Å². The summed E-state index contributed by atoms with van der Waals surface area (Å²) in [5.74, 6) is 0. The third-order valence-corrected chi connectivity index (χ3v) is 5.63. The van der Waals surface area contributed by atoms with Crippen molar-refractivity contribution in [3.05, 3.63) is 23.8 Å². The van der Waals surface area contributed by atoms with E-state index in [0.717, 1.165) is 24.2 Å². The van der Waals surface area contributed by atoms with Gasteiger partial charge in [0.05, 0.1) is 11.0 Å². The van der Waals surface area contributed by atoms with Crippen LogP contribution in [-0.2, 0) is 16.4 Å². The van der Waals surface area contributed by atoms with Crippen molar-refractivity contribution in [2.45, 2.75) is 49.1 Å². The van der Waals surface area contributed by atoms with Crippen LogP contribution < -0.4 is 10.0 Å². The highest BCUT2D eigenvalue weighted by Gasteiger charge is 2.25. The molecule has 2 aliphatic rings. The predicted molar refractivity (Wildman–Crippen MR) is 77.2 cm³/mol. The average Bonchev–Trinajstić information content (AvgIpc) is 2.88. The quantitative estimate of drug-likeness (QED) is 0.784. The molecule has 1 fully saturated rings. The molecule has 3 rings (SSSR count). The summed E-state index contributed by atoms with van der Waals surface area (Å²) in [6.07, 6.45) is 3.33. The summed E-state index contributed by atoms with van der Waals surface area (Å²) < 4.78 is 27.5. The Hall–Kier alpha value is -1.11. The number of nitrogens with one attached hydrogen (secondary N) is 2. The number of benzene rings is 1. The molecule has 0 bridgehead atoms. The predicted octanol–water partition coefficient (Wildman–Crippen LogP) is 1.24. The molecule has 0 saturated heterocycles. The Labute approximate surface area is 119 Å². The van der Waals surface area contributed by atoms with E-state index in [2.05, 4.69) is 10.0 Å². The maximum atomic E-state index is 12.4. The van der Waals surface area contributed by atoms with Gasteiger partial charge in [-0.25, -0.2) is 13.1 Å². The first-order chi connectivity index (χ1) is 9.54. The summed E-state index contributed by atoms with van der Waals surface area (Å²) in [6, 6.07) is 5.18. The normalized spacial score (nSPS) is 26.1. The third kappa shape index (κ3) is 2.82. The van der Waals surface area contributed by atoms with E-state index in [1.54, 1.807) is 12.1 Å². The zero-order chi connectivity index (χ0) is 14.2. The molecular weight excluding hydrogens is 276 g/mol. The van der Waals surface area contributed by atoms with Crippen molar-refractivity contribution < 1.29 is 13.5 Å². The fraction of sp³-hybridized carbons (Fsp3) is 0.571. The number of aliphatic hydroxyl groups is 1. The molecule has 3 N–H and O–H groups in total. The smallest absolute Gasteiger partial charge is 0.240 e. The first kappa shape index (κ1) is 13.9. The fourth-order valence-electron chi connectivity index (χ4n) is 2.93. The molecule has 110 valence electrons. The van der Waals surface area contributed by atoms with E-state index < -0.39 is 10.0 Å². The van der Waals surface area contributed by atoms with Crippen molar-refractivity contribution in [2.24, 2.45) is 0 Å². The molecule has 1 saturated carbocycles. The van der Waals surface area contributed by atoms with Crippen LogP contribution >= 0.6 is 0 Å². The van der Waals surface area contributed by atoms with E-state index in [1.807, 2.05) is 6.07 Å². The lowest BCUT2D eigenvalue weighted by atomic mass is 9.94. The van der Waals surface area contributed by atoms with Crippen molar-refractivity contribution in [1.29, 1.82) is 0 Å². The molecule has 20 heavy (non-hydrogen) atoms. The van der Waals surface area contributed by atoms with Crippen LogP contribution in [0.15, 0.2) is 23.1 Å². The highest BCUT2D eigenvalue weighted by atomic mass is 32.2. The first-order valence-electron chi connectivity index (χ1n) is 7.12. The molecule has 5 nitrogen and oxygen atoms in total. The van der Waals surface area contributed by atoms with Crippen molar-refractivity contribution in [2.75, 3.05) is 11.9 Å². The molecule has 0 unspecified atom stereocenters. The maximum Gasteiger partial charge on any atom is 0.240 e. The number of sulfonamides is 1. The lowest BCUT2D eigenvalue weighted by Crippen LogP contribution is -2.38. The van der Waals surface area contributed by atoms with Crippen LogP contribution in [0.5, 0.6) is 0 Å². The second-order valence-corrected chi connectivity index (χ2v) is 7.34. The largest absolute Gasteiger partial charge is 0.393 e. The Bertz CT molecular complexity index is 592. The molecule has 1 heterocycles. The first-order valence-corrected chi connectivity index (χ1v) is 8.60. The lowest BCUT2D eigenvalue weighted by molar-refractivity contribution is 0.120. The van der Waals surface area contributed by atoms with E-state index in [4.69, 9.17) is 0 Å². The second kappa shape index (κ2) is 5.35. The minimum atomic E-state index is -3.46. The van der Waals surface area contributed by atoms with E-state index in [0.29, 0.717) is 30.6 Å². The van der Waals surface area contributed by atoms with Gasteiger partial charge >= 0.3 is 0 Å². The van der Waals surface area contributed by atoms with Crippen molar-refractivity contribution in [3.8, 4) is 0 Å². The molecule has 0 aromatic heterocycles. The minimum Gasteiger partial charge on any atom is -0.393 e. The van der Waals surface area contributed by atoms with Gasteiger partial charge in [0.25, 0.3) is 0 Å². The molecule has 0 radical (unpaired) electrons. The van der Waals surface area contributed by atoms with Crippen LogP contribution in [0.1, 0.15) is 31.2 Å². The Kier molecular flexibility index (Phi) is 3.70. The molecule has 1 aliphatic heterocycles. The van der Waals surface area contributed by atoms with Gasteiger partial charge in [-0.3, -0.25) is 0 Å². The summed E-state index contributed by atoms with van der Waals surface area (Å²) in [5, 5.41) is 12.7. The molecule has 0 spiro atoms. The number of rotatable bonds is 3. The van der Waals surface area contributed by atoms with Gasteiger partial charge in [0.1, 0.15) is 0 Å².